The lowest BCUT2D eigenvalue weighted by Gasteiger charge is -2.26. The molecule has 0 fully saturated rings. The number of esters is 2. The first kappa shape index (κ1) is 18.4. The third-order valence-corrected chi connectivity index (χ3v) is 3.29. The van der Waals surface area contributed by atoms with Crippen molar-refractivity contribution in [1.29, 1.82) is 0 Å². The molecule has 0 radical (unpaired) electrons. The van der Waals surface area contributed by atoms with Crippen molar-refractivity contribution in [1.82, 2.24) is 0 Å². The Bertz CT molecular complexity index is 580. The summed E-state index contributed by atoms with van der Waals surface area (Å²) < 4.78 is 9.95. The summed E-state index contributed by atoms with van der Waals surface area (Å²) in [5.74, 6) is 0.252. The van der Waals surface area contributed by atoms with E-state index in [4.69, 9.17) is 15.9 Å². The number of hydrogen-bond acceptors (Lipinski definition) is 5. The molecular formula is C18H20O5. The van der Waals surface area contributed by atoms with E-state index in [0.29, 0.717) is 5.56 Å². The standard InChI is InChI=1S/C18H20O5/c1-4-12-18(16(20)22-5-2,17(21)23-6-3)13-15(19)14-10-8-7-9-11-14/h1,7-11H,5-6,12-13H2,2-3H3. The molecule has 0 heterocycles. The highest BCUT2D eigenvalue weighted by molar-refractivity contribution is 6.07. The van der Waals surface area contributed by atoms with Gasteiger partial charge in [0.15, 0.2) is 11.2 Å². The van der Waals surface area contributed by atoms with Gasteiger partial charge in [-0.25, -0.2) is 0 Å². The van der Waals surface area contributed by atoms with Crippen LogP contribution in [0.1, 0.15) is 37.0 Å². The van der Waals surface area contributed by atoms with Crippen LogP contribution in [0.25, 0.3) is 0 Å². The Balaban J connectivity index is 3.20. The smallest absolute Gasteiger partial charge is 0.324 e. The van der Waals surface area contributed by atoms with Crippen molar-refractivity contribution >= 4 is 17.7 Å². The summed E-state index contributed by atoms with van der Waals surface area (Å²) in [7, 11) is 0. The van der Waals surface area contributed by atoms with Gasteiger partial charge in [-0.05, 0) is 13.8 Å². The van der Waals surface area contributed by atoms with Gasteiger partial charge in [-0.2, -0.15) is 0 Å². The van der Waals surface area contributed by atoms with Gasteiger partial charge in [-0.3, -0.25) is 14.4 Å². The lowest BCUT2D eigenvalue weighted by Crippen LogP contribution is -2.43. The Morgan fingerprint density at radius 1 is 1.04 bits per heavy atom. The van der Waals surface area contributed by atoms with E-state index < -0.39 is 23.8 Å². The molecule has 23 heavy (non-hydrogen) atoms. The first-order chi connectivity index (χ1) is 11.0. The summed E-state index contributed by atoms with van der Waals surface area (Å²) in [6, 6.07) is 8.39. The Morgan fingerprint density at radius 3 is 2.00 bits per heavy atom. The van der Waals surface area contributed by atoms with E-state index in [0.717, 1.165) is 0 Å². The van der Waals surface area contributed by atoms with Crippen LogP contribution in [-0.2, 0) is 19.1 Å². The lowest BCUT2D eigenvalue weighted by atomic mass is 9.78. The second kappa shape index (κ2) is 8.74. The molecule has 0 saturated carbocycles. The van der Waals surface area contributed by atoms with Gasteiger partial charge >= 0.3 is 11.9 Å². The Hall–Kier alpha value is -2.61. The number of carbonyl (C=O) groups is 3. The average molecular weight is 316 g/mol. The summed E-state index contributed by atoms with van der Waals surface area (Å²) in [4.78, 5) is 37.2. The number of rotatable bonds is 8. The highest BCUT2D eigenvalue weighted by atomic mass is 16.6. The van der Waals surface area contributed by atoms with Crippen LogP contribution in [0.3, 0.4) is 0 Å². The van der Waals surface area contributed by atoms with Gasteiger partial charge in [-0.15, -0.1) is 12.3 Å². The van der Waals surface area contributed by atoms with Crippen LogP contribution >= 0.6 is 0 Å². The Kier molecular flexibility index (Phi) is 7.01. The maximum atomic E-state index is 12.5. The zero-order chi connectivity index (χ0) is 17.3. The maximum absolute atomic E-state index is 12.5. The van der Waals surface area contributed by atoms with Crippen LogP contribution in [0.2, 0.25) is 0 Å². The molecule has 0 spiro atoms. The molecule has 1 rings (SSSR count). The highest BCUT2D eigenvalue weighted by Crippen LogP contribution is 2.32. The molecule has 0 saturated heterocycles. The SMILES string of the molecule is C#CCC(CC(=O)c1ccccc1)(C(=O)OCC)C(=O)OCC. The summed E-state index contributed by atoms with van der Waals surface area (Å²) in [6.45, 7) is 3.37. The largest absolute Gasteiger partial charge is 0.465 e. The van der Waals surface area contributed by atoms with Crippen LogP contribution in [0.4, 0.5) is 0 Å². The molecule has 0 amide bonds. The van der Waals surface area contributed by atoms with E-state index in [1.54, 1.807) is 44.2 Å². The number of ether oxygens (including phenoxy) is 2. The Labute approximate surface area is 136 Å². The van der Waals surface area contributed by atoms with Crippen molar-refractivity contribution in [2.75, 3.05) is 13.2 Å². The van der Waals surface area contributed by atoms with Crippen LogP contribution in [0.15, 0.2) is 30.3 Å². The summed E-state index contributed by atoms with van der Waals surface area (Å²) in [5, 5.41) is 0. The fraction of sp³-hybridized carbons (Fsp3) is 0.389. The molecule has 0 unspecified atom stereocenters. The quantitative estimate of drug-likeness (QED) is 0.319. The van der Waals surface area contributed by atoms with Crippen LogP contribution < -0.4 is 0 Å². The number of hydrogen-bond donors (Lipinski definition) is 0. The second-order valence-corrected chi connectivity index (χ2v) is 4.87. The Morgan fingerprint density at radius 2 is 1.57 bits per heavy atom. The zero-order valence-electron chi connectivity index (χ0n) is 13.3. The van der Waals surface area contributed by atoms with Gasteiger partial charge in [0.25, 0.3) is 0 Å². The molecule has 0 N–H and O–H groups in total. The molecule has 0 aliphatic rings. The van der Waals surface area contributed by atoms with Crippen LogP contribution in [0, 0.1) is 17.8 Å². The van der Waals surface area contributed by atoms with E-state index in [1.807, 2.05) is 0 Å². The fourth-order valence-corrected chi connectivity index (χ4v) is 2.15. The molecular weight excluding hydrogens is 296 g/mol. The van der Waals surface area contributed by atoms with E-state index in [9.17, 15) is 14.4 Å². The number of benzene rings is 1. The minimum Gasteiger partial charge on any atom is -0.465 e. The molecule has 1 aromatic carbocycles. The molecule has 0 aliphatic carbocycles. The molecule has 5 nitrogen and oxygen atoms in total. The predicted octanol–water partition coefficient (Wildman–Crippen LogP) is 2.40. The molecule has 1 aromatic rings. The summed E-state index contributed by atoms with van der Waals surface area (Å²) in [5.41, 5.74) is -1.42. The van der Waals surface area contributed by atoms with Crippen molar-refractivity contribution < 1.29 is 23.9 Å². The normalized spacial score (nSPS) is 10.5. The third kappa shape index (κ3) is 4.43. The maximum Gasteiger partial charge on any atom is 0.324 e. The van der Waals surface area contributed by atoms with E-state index in [2.05, 4.69) is 5.92 Å². The van der Waals surface area contributed by atoms with Gasteiger partial charge in [0.1, 0.15) is 0 Å². The lowest BCUT2D eigenvalue weighted by molar-refractivity contribution is -0.171. The average Bonchev–Trinajstić information content (AvgIpc) is 2.55. The first-order valence-corrected chi connectivity index (χ1v) is 7.38. The third-order valence-electron chi connectivity index (χ3n) is 3.29. The number of Topliss-reactive ketones (excluding diaryl/α,β-unsaturated/α-hetero) is 1. The first-order valence-electron chi connectivity index (χ1n) is 7.38. The molecule has 5 heteroatoms. The van der Waals surface area contributed by atoms with Gasteiger partial charge in [0, 0.05) is 18.4 Å². The van der Waals surface area contributed by atoms with Crippen LogP contribution in [0.5, 0.6) is 0 Å². The monoisotopic (exact) mass is 316 g/mol. The topological polar surface area (TPSA) is 69.7 Å². The summed E-state index contributed by atoms with van der Waals surface area (Å²) >= 11 is 0. The van der Waals surface area contributed by atoms with Crippen molar-refractivity contribution in [3.63, 3.8) is 0 Å². The molecule has 0 bridgehead atoms. The predicted molar refractivity (Wildman–Crippen MR) is 84.5 cm³/mol. The molecule has 122 valence electrons. The van der Waals surface area contributed by atoms with E-state index >= 15 is 0 Å². The molecule has 0 atom stereocenters. The zero-order valence-corrected chi connectivity index (χ0v) is 13.3. The molecule has 0 aromatic heterocycles. The van der Waals surface area contributed by atoms with Crippen molar-refractivity contribution in [2.45, 2.75) is 26.7 Å². The van der Waals surface area contributed by atoms with Gasteiger partial charge in [0.05, 0.1) is 13.2 Å². The van der Waals surface area contributed by atoms with Gasteiger partial charge in [-0.1, -0.05) is 30.3 Å². The minimum absolute atomic E-state index is 0.0735. The number of ketones is 1. The van der Waals surface area contributed by atoms with Gasteiger partial charge in [0.2, 0.25) is 0 Å². The highest BCUT2D eigenvalue weighted by Gasteiger charge is 2.50. The van der Waals surface area contributed by atoms with Crippen molar-refractivity contribution in [2.24, 2.45) is 5.41 Å². The van der Waals surface area contributed by atoms with Gasteiger partial charge < -0.3 is 9.47 Å². The fourth-order valence-electron chi connectivity index (χ4n) is 2.15. The second-order valence-electron chi connectivity index (χ2n) is 4.87. The van der Waals surface area contributed by atoms with Crippen molar-refractivity contribution in [3.05, 3.63) is 35.9 Å². The minimum atomic E-state index is -1.81. The van der Waals surface area contributed by atoms with E-state index in [-0.39, 0.29) is 25.4 Å². The van der Waals surface area contributed by atoms with E-state index in [1.165, 1.54) is 0 Å². The molecule has 0 aliphatic heterocycles. The summed E-state index contributed by atoms with van der Waals surface area (Å²) in [6.07, 6.45) is 4.67. The van der Waals surface area contributed by atoms with Crippen molar-refractivity contribution in [3.8, 4) is 12.3 Å². The number of terminal acetylenes is 1. The number of carbonyl (C=O) groups excluding carboxylic acids is 3. The van der Waals surface area contributed by atoms with Crippen LogP contribution in [-0.4, -0.2) is 30.9 Å².